The maximum atomic E-state index is 10.7. The molecule has 0 spiro atoms. The molecule has 0 saturated carbocycles. The van der Waals surface area contributed by atoms with Crippen LogP contribution in [0.5, 0.6) is 0 Å². The van der Waals surface area contributed by atoms with Crippen molar-refractivity contribution < 1.29 is 19.4 Å². The quantitative estimate of drug-likeness (QED) is 0.695. The summed E-state index contributed by atoms with van der Waals surface area (Å²) in [6.07, 6.45) is 2.56. The first-order valence-corrected chi connectivity index (χ1v) is 5.70. The normalized spacial score (nSPS) is 25.2. The minimum Gasteiger partial charge on any atom is -0.480 e. The molecule has 94 valence electrons. The summed E-state index contributed by atoms with van der Waals surface area (Å²) in [6.45, 7) is 3.97. The topological polar surface area (TPSA) is 59.0 Å². The lowest BCUT2D eigenvalue weighted by Gasteiger charge is -2.23. The van der Waals surface area contributed by atoms with E-state index in [-0.39, 0.29) is 12.6 Å². The molecule has 0 aromatic carbocycles. The number of rotatable bonds is 7. The average molecular weight is 231 g/mol. The van der Waals surface area contributed by atoms with Crippen LogP contribution in [-0.4, -0.2) is 61.5 Å². The maximum Gasteiger partial charge on any atom is 0.317 e. The number of ether oxygens (including phenoxy) is 2. The Morgan fingerprint density at radius 1 is 1.56 bits per heavy atom. The summed E-state index contributed by atoms with van der Waals surface area (Å²) in [6, 6.07) is 0. The average Bonchev–Trinajstić information content (AvgIpc) is 2.59. The Labute approximate surface area is 96.3 Å². The van der Waals surface area contributed by atoms with E-state index in [0.717, 1.165) is 12.8 Å². The molecular weight excluding hydrogens is 210 g/mol. The van der Waals surface area contributed by atoms with Gasteiger partial charge in [-0.1, -0.05) is 0 Å². The van der Waals surface area contributed by atoms with Crippen LogP contribution in [-0.2, 0) is 14.3 Å². The second-order valence-corrected chi connectivity index (χ2v) is 4.27. The molecule has 0 aromatic heterocycles. The molecule has 1 saturated heterocycles. The van der Waals surface area contributed by atoms with Crippen LogP contribution in [0, 0.1) is 0 Å². The van der Waals surface area contributed by atoms with Crippen LogP contribution < -0.4 is 0 Å². The van der Waals surface area contributed by atoms with Crippen LogP contribution in [0.2, 0.25) is 0 Å². The van der Waals surface area contributed by atoms with Crippen LogP contribution in [0.1, 0.15) is 19.8 Å². The van der Waals surface area contributed by atoms with Gasteiger partial charge in [-0.2, -0.15) is 0 Å². The maximum absolute atomic E-state index is 10.7. The number of hydrogen-bond acceptors (Lipinski definition) is 4. The highest BCUT2D eigenvalue weighted by atomic mass is 16.5. The molecule has 2 unspecified atom stereocenters. The second kappa shape index (κ2) is 6.83. The van der Waals surface area contributed by atoms with Gasteiger partial charge in [0.1, 0.15) is 0 Å². The molecule has 5 nitrogen and oxygen atoms in total. The lowest BCUT2D eigenvalue weighted by Crippen LogP contribution is -2.38. The molecule has 1 fully saturated rings. The van der Waals surface area contributed by atoms with E-state index in [9.17, 15) is 4.79 Å². The first-order valence-electron chi connectivity index (χ1n) is 5.70. The van der Waals surface area contributed by atoms with Gasteiger partial charge in [0.25, 0.3) is 0 Å². The largest absolute Gasteiger partial charge is 0.480 e. The Morgan fingerprint density at radius 2 is 2.31 bits per heavy atom. The lowest BCUT2D eigenvalue weighted by atomic mass is 10.2. The minimum atomic E-state index is -0.804. The number of nitrogens with zero attached hydrogens (tertiary/aromatic N) is 1. The van der Waals surface area contributed by atoms with Crippen LogP contribution in [0.15, 0.2) is 0 Å². The first kappa shape index (κ1) is 13.4. The molecule has 16 heavy (non-hydrogen) atoms. The van der Waals surface area contributed by atoms with Gasteiger partial charge in [-0.15, -0.1) is 0 Å². The fourth-order valence-electron chi connectivity index (χ4n) is 1.95. The standard InChI is InChI=1S/C11H21NO4/c1-9-3-4-10(16-9)7-12(5-6-15-2)8-11(13)14/h9-10H,3-8H2,1-2H3,(H,13,14). The summed E-state index contributed by atoms with van der Waals surface area (Å²) in [5.41, 5.74) is 0. The van der Waals surface area contributed by atoms with Gasteiger partial charge in [-0.05, 0) is 19.8 Å². The van der Waals surface area contributed by atoms with Crippen molar-refractivity contribution in [3.63, 3.8) is 0 Å². The molecule has 0 bridgehead atoms. The summed E-state index contributed by atoms with van der Waals surface area (Å²) in [4.78, 5) is 12.6. The number of carbonyl (C=O) groups is 1. The summed E-state index contributed by atoms with van der Waals surface area (Å²) < 4.78 is 10.6. The Kier molecular flexibility index (Phi) is 5.73. The van der Waals surface area contributed by atoms with Crippen molar-refractivity contribution >= 4 is 5.97 Å². The van der Waals surface area contributed by atoms with Crippen LogP contribution in [0.25, 0.3) is 0 Å². The molecule has 0 amide bonds. The van der Waals surface area contributed by atoms with Gasteiger partial charge >= 0.3 is 5.97 Å². The number of aliphatic carboxylic acids is 1. The predicted octanol–water partition coefficient (Wildman–Crippen LogP) is 0.587. The van der Waals surface area contributed by atoms with Gasteiger partial charge in [0.15, 0.2) is 0 Å². The number of hydrogen-bond donors (Lipinski definition) is 1. The van der Waals surface area contributed by atoms with Gasteiger partial charge in [0, 0.05) is 20.2 Å². The third kappa shape index (κ3) is 4.92. The highest BCUT2D eigenvalue weighted by molar-refractivity contribution is 5.69. The SMILES string of the molecule is COCCN(CC(=O)O)CC1CCC(C)O1. The van der Waals surface area contributed by atoms with Crippen molar-refractivity contribution in [2.24, 2.45) is 0 Å². The summed E-state index contributed by atoms with van der Waals surface area (Å²) >= 11 is 0. The van der Waals surface area contributed by atoms with E-state index in [1.54, 1.807) is 7.11 Å². The molecule has 0 aromatic rings. The van der Waals surface area contributed by atoms with Crippen molar-refractivity contribution in [3.8, 4) is 0 Å². The van der Waals surface area contributed by atoms with E-state index in [1.165, 1.54) is 0 Å². The van der Waals surface area contributed by atoms with Crippen LogP contribution in [0.4, 0.5) is 0 Å². The van der Waals surface area contributed by atoms with Gasteiger partial charge in [0.05, 0.1) is 25.4 Å². The molecule has 1 aliphatic heterocycles. The molecule has 1 rings (SSSR count). The fraction of sp³-hybridized carbons (Fsp3) is 0.909. The van der Waals surface area contributed by atoms with E-state index < -0.39 is 5.97 Å². The van der Waals surface area contributed by atoms with Gasteiger partial charge in [0.2, 0.25) is 0 Å². The monoisotopic (exact) mass is 231 g/mol. The molecule has 1 aliphatic rings. The smallest absolute Gasteiger partial charge is 0.317 e. The van der Waals surface area contributed by atoms with Crippen molar-refractivity contribution in [1.29, 1.82) is 0 Å². The molecule has 1 N–H and O–H groups in total. The van der Waals surface area contributed by atoms with Crippen molar-refractivity contribution in [1.82, 2.24) is 4.90 Å². The predicted molar refractivity (Wildman–Crippen MR) is 59.5 cm³/mol. The molecule has 0 radical (unpaired) electrons. The summed E-state index contributed by atoms with van der Waals surface area (Å²) in [7, 11) is 1.62. The Hall–Kier alpha value is -0.650. The van der Waals surface area contributed by atoms with Crippen LogP contribution in [0.3, 0.4) is 0 Å². The third-order valence-corrected chi connectivity index (χ3v) is 2.75. The van der Waals surface area contributed by atoms with E-state index in [2.05, 4.69) is 6.92 Å². The van der Waals surface area contributed by atoms with Gasteiger partial charge in [-0.3, -0.25) is 9.69 Å². The van der Waals surface area contributed by atoms with Gasteiger partial charge < -0.3 is 14.6 Å². The molecular formula is C11H21NO4. The minimum absolute atomic E-state index is 0.0532. The third-order valence-electron chi connectivity index (χ3n) is 2.75. The number of carboxylic acid groups (broad SMARTS) is 1. The lowest BCUT2D eigenvalue weighted by molar-refractivity contribution is -0.138. The Bertz CT molecular complexity index is 222. The number of methoxy groups -OCH3 is 1. The van der Waals surface area contributed by atoms with E-state index >= 15 is 0 Å². The van der Waals surface area contributed by atoms with Gasteiger partial charge in [-0.25, -0.2) is 0 Å². The summed E-state index contributed by atoms with van der Waals surface area (Å²) in [5, 5.41) is 8.79. The summed E-state index contributed by atoms with van der Waals surface area (Å²) in [5.74, 6) is -0.804. The number of carboxylic acids is 1. The Balaban J connectivity index is 2.33. The highest BCUT2D eigenvalue weighted by Gasteiger charge is 2.24. The zero-order valence-electron chi connectivity index (χ0n) is 10.0. The van der Waals surface area contributed by atoms with E-state index in [4.69, 9.17) is 14.6 Å². The van der Waals surface area contributed by atoms with E-state index in [0.29, 0.717) is 25.8 Å². The first-order chi connectivity index (χ1) is 7.61. The van der Waals surface area contributed by atoms with Crippen molar-refractivity contribution in [3.05, 3.63) is 0 Å². The van der Waals surface area contributed by atoms with E-state index in [1.807, 2.05) is 4.90 Å². The zero-order chi connectivity index (χ0) is 12.0. The fourth-order valence-corrected chi connectivity index (χ4v) is 1.95. The molecule has 5 heteroatoms. The van der Waals surface area contributed by atoms with Crippen molar-refractivity contribution in [2.75, 3.05) is 33.4 Å². The Morgan fingerprint density at radius 3 is 2.81 bits per heavy atom. The van der Waals surface area contributed by atoms with Crippen molar-refractivity contribution in [2.45, 2.75) is 32.0 Å². The molecule has 0 aliphatic carbocycles. The highest BCUT2D eigenvalue weighted by Crippen LogP contribution is 2.19. The second-order valence-electron chi connectivity index (χ2n) is 4.27. The zero-order valence-corrected chi connectivity index (χ0v) is 10.0. The molecule has 2 atom stereocenters. The molecule has 1 heterocycles. The van der Waals surface area contributed by atoms with Crippen LogP contribution >= 0.6 is 0 Å².